The van der Waals surface area contributed by atoms with Crippen LogP contribution in [0.25, 0.3) is 5.57 Å². The number of carbonyl (C=O) groups is 1. The Morgan fingerprint density at radius 3 is 2.73 bits per heavy atom. The van der Waals surface area contributed by atoms with Gasteiger partial charge in [-0.25, -0.2) is 4.98 Å². The lowest BCUT2D eigenvalue weighted by atomic mass is 10.0. The number of rotatable bonds is 7. The van der Waals surface area contributed by atoms with Crippen molar-refractivity contribution in [2.75, 3.05) is 25.0 Å². The molecule has 3 heterocycles. The molecular weight excluding hydrogens is 397 g/mol. The maximum Gasteiger partial charge on any atom is 0.417 e. The Labute approximate surface area is 172 Å². The van der Waals surface area contributed by atoms with Crippen LogP contribution in [0.1, 0.15) is 37.1 Å². The van der Waals surface area contributed by atoms with E-state index in [1.54, 1.807) is 18.0 Å². The molecule has 0 radical (unpaired) electrons. The summed E-state index contributed by atoms with van der Waals surface area (Å²) in [5, 5.41) is 13.6. The average Bonchev–Trinajstić information content (AvgIpc) is 3.16. The van der Waals surface area contributed by atoms with E-state index in [2.05, 4.69) is 25.8 Å². The molecule has 1 amide bonds. The molecule has 10 heteroatoms. The molecule has 2 aromatic heterocycles. The Kier molecular flexibility index (Phi) is 6.76. The van der Waals surface area contributed by atoms with E-state index in [1.807, 2.05) is 13.0 Å². The number of pyridine rings is 1. The first-order chi connectivity index (χ1) is 14.2. The van der Waals surface area contributed by atoms with E-state index in [4.69, 9.17) is 0 Å². The number of alkyl halides is 3. The van der Waals surface area contributed by atoms with E-state index in [0.29, 0.717) is 32.0 Å². The number of H-pyrrole nitrogens is 1. The molecule has 1 atom stereocenters. The third kappa shape index (κ3) is 5.59. The lowest BCUT2D eigenvalue weighted by molar-refractivity contribution is -0.137. The number of nitrogens with zero attached hydrogens (tertiary/aromatic N) is 3. The summed E-state index contributed by atoms with van der Waals surface area (Å²) < 4.78 is 37.8. The second kappa shape index (κ2) is 9.29. The first-order valence-electron chi connectivity index (χ1n) is 9.71. The Morgan fingerprint density at radius 2 is 2.13 bits per heavy atom. The molecular formula is C20H25F3N6O. The van der Waals surface area contributed by atoms with Crippen LogP contribution in [-0.4, -0.2) is 51.7 Å². The summed E-state index contributed by atoms with van der Waals surface area (Å²) in [4.78, 5) is 17.1. The molecule has 30 heavy (non-hydrogen) atoms. The van der Waals surface area contributed by atoms with E-state index in [9.17, 15) is 18.0 Å². The highest BCUT2D eigenvalue weighted by Gasteiger charge is 2.30. The van der Waals surface area contributed by atoms with E-state index in [0.717, 1.165) is 35.5 Å². The van der Waals surface area contributed by atoms with Crippen LogP contribution in [0.5, 0.6) is 0 Å². The van der Waals surface area contributed by atoms with Crippen LogP contribution >= 0.6 is 0 Å². The fraction of sp³-hybridized carbons (Fsp3) is 0.450. The molecule has 0 saturated heterocycles. The molecule has 0 saturated carbocycles. The molecule has 0 spiro atoms. The minimum absolute atomic E-state index is 0.0393. The van der Waals surface area contributed by atoms with E-state index < -0.39 is 11.7 Å². The number of anilines is 1. The van der Waals surface area contributed by atoms with Crippen molar-refractivity contribution in [2.24, 2.45) is 0 Å². The van der Waals surface area contributed by atoms with Gasteiger partial charge < -0.3 is 15.5 Å². The molecule has 2 aromatic rings. The Hall–Kier alpha value is -2.88. The molecule has 0 unspecified atom stereocenters. The molecule has 0 fully saturated rings. The summed E-state index contributed by atoms with van der Waals surface area (Å²) >= 11 is 0. The highest BCUT2D eigenvalue weighted by Crippen LogP contribution is 2.29. The first-order valence-corrected chi connectivity index (χ1v) is 9.71. The van der Waals surface area contributed by atoms with Crippen molar-refractivity contribution in [3.63, 3.8) is 0 Å². The van der Waals surface area contributed by atoms with Gasteiger partial charge in [0, 0.05) is 50.9 Å². The number of hydrogen-bond donors (Lipinski definition) is 3. The van der Waals surface area contributed by atoms with Gasteiger partial charge in [-0.05, 0) is 31.1 Å². The maximum atomic E-state index is 12.6. The topological polar surface area (TPSA) is 85.9 Å². The predicted molar refractivity (Wildman–Crippen MR) is 107 cm³/mol. The largest absolute Gasteiger partial charge is 0.417 e. The van der Waals surface area contributed by atoms with Crippen molar-refractivity contribution in [3.8, 4) is 0 Å². The SMILES string of the molecule is CC(=O)N1CC=C(c2[nH]ncc2CNC[C@@H](C)Nc2ccc(C(F)(F)F)cn2)CC1. The van der Waals surface area contributed by atoms with Gasteiger partial charge in [0.25, 0.3) is 0 Å². The molecule has 0 aliphatic carbocycles. The first kappa shape index (κ1) is 21.8. The van der Waals surface area contributed by atoms with Gasteiger partial charge >= 0.3 is 6.18 Å². The van der Waals surface area contributed by atoms with Gasteiger partial charge in [-0.2, -0.15) is 18.3 Å². The fourth-order valence-corrected chi connectivity index (χ4v) is 3.28. The second-order valence-corrected chi connectivity index (χ2v) is 7.32. The van der Waals surface area contributed by atoms with Gasteiger partial charge in [-0.3, -0.25) is 9.89 Å². The lowest BCUT2D eigenvalue weighted by Crippen LogP contribution is -2.33. The molecule has 1 aliphatic rings. The maximum absolute atomic E-state index is 12.6. The number of amides is 1. The lowest BCUT2D eigenvalue weighted by Gasteiger charge is -2.25. The second-order valence-electron chi connectivity index (χ2n) is 7.32. The zero-order valence-electron chi connectivity index (χ0n) is 16.9. The Morgan fingerprint density at radius 1 is 1.33 bits per heavy atom. The van der Waals surface area contributed by atoms with Crippen molar-refractivity contribution >= 4 is 17.3 Å². The zero-order valence-corrected chi connectivity index (χ0v) is 16.9. The van der Waals surface area contributed by atoms with Crippen LogP contribution in [0, 0.1) is 0 Å². The number of hydrogen-bond acceptors (Lipinski definition) is 5. The van der Waals surface area contributed by atoms with Crippen LogP contribution in [0.15, 0.2) is 30.6 Å². The van der Waals surface area contributed by atoms with Crippen molar-refractivity contribution in [1.29, 1.82) is 0 Å². The summed E-state index contributed by atoms with van der Waals surface area (Å²) in [6.07, 6.45) is 1.02. The highest BCUT2D eigenvalue weighted by atomic mass is 19.4. The summed E-state index contributed by atoms with van der Waals surface area (Å²) in [6, 6.07) is 2.30. The van der Waals surface area contributed by atoms with Gasteiger partial charge in [-0.1, -0.05) is 6.08 Å². The quantitative estimate of drug-likeness (QED) is 0.639. The fourth-order valence-electron chi connectivity index (χ4n) is 3.28. The molecule has 1 aliphatic heterocycles. The third-order valence-corrected chi connectivity index (χ3v) is 4.94. The van der Waals surface area contributed by atoms with Crippen LogP contribution in [0.3, 0.4) is 0 Å². The van der Waals surface area contributed by atoms with E-state index in [1.165, 1.54) is 6.07 Å². The molecule has 162 valence electrons. The minimum atomic E-state index is -4.39. The Balaban J connectivity index is 1.49. The van der Waals surface area contributed by atoms with Crippen LogP contribution in [-0.2, 0) is 17.5 Å². The number of aromatic nitrogens is 3. The van der Waals surface area contributed by atoms with Crippen molar-refractivity contribution in [2.45, 2.75) is 39.0 Å². The smallest absolute Gasteiger partial charge is 0.366 e. The third-order valence-electron chi connectivity index (χ3n) is 4.94. The molecule has 0 bridgehead atoms. The predicted octanol–water partition coefficient (Wildman–Crippen LogP) is 3.05. The summed E-state index contributed by atoms with van der Waals surface area (Å²) in [6.45, 7) is 5.95. The highest BCUT2D eigenvalue weighted by molar-refractivity contribution is 5.75. The van der Waals surface area contributed by atoms with E-state index >= 15 is 0 Å². The van der Waals surface area contributed by atoms with Gasteiger partial charge in [0.15, 0.2) is 0 Å². The number of carbonyl (C=O) groups excluding carboxylic acids is 1. The number of aromatic amines is 1. The van der Waals surface area contributed by atoms with Crippen molar-refractivity contribution < 1.29 is 18.0 Å². The van der Waals surface area contributed by atoms with Crippen LogP contribution in [0.4, 0.5) is 19.0 Å². The monoisotopic (exact) mass is 422 g/mol. The summed E-state index contributed by atoms with van der Waals surface area (Å²) in [7, 11) is 0. The van der Waals surface area contributed by atoms with Gasteiger partial charge in [0.2, 0.25) is 5.91 Å². The molecule has 3 N–H and O–H groups in total. The molecule has 7 nitrogen and oxygen atoms in total. The van der Waals surface area contributed by atoms with Crippen LogP contribution < -0.4 is 10.6 Å². The standard InChI is InChI=1S/C20H25F3N6O/c1-13(27-18-4-3-17(12-25-18)20(21,22)23)9-24-10-16-11-26-28-19(16)15-5-7-29(8-6-15)14(2)30/h3-5,11-13,24H,6-10H2,1-2H3,(H,25,27)(H,26,28)/t13-/m1/s1. The average molecular weight is 422 g/mol. The van der Waals surface area contributed by atoms with Gasteiger partial charge in [-0.15, -0.1) is 0 Å². The number of nitrogens with one attached hydrogen (secondary N) is 3. The normalized spacial score (nSPS) is 15.6. The minimum Gasteiger partial charge on any atom is -0.366 e. The van der Waals surface area contributed by atoms with E-state index in [-0.39, 0.29) is 11.9 Å². The summed E-state index contributed by atoms with van der Waals surface area (Å²) in [5.41, 5.74) is 2.37. The molecule has 3 rings (SSSR count). The van der Waals surface area contributed by atoms with Gasteiger partial charge in [0.05, 0.1) is 17.5 Å². The number of halogens is 3. The molecule has 0 aromatic carbocycles. The van der Waals surface area contributed by atoms with Gasteiger partial charge in [0.1, 0.15) is 5.82 Å². The Bertz CT molecular complexity index is 891. The van der Waals surface area contributed by atoms with Crippen LogP contribution in [0.2, 0.25) is 0 Å². The zero-order chi connectivity index (χ0) is 21.7. The summed E-state index contributed by atoms with van der Waals surface area (Å²) in [5.74, 6) is 0.463. The van der Waals surface area contributed by atoms with Crippen molar-refractivity contribution in [3.05, 3.63) is 47.4 Å². The van der Waals surface area contributed by atoms with Crippen molar-refractivity contribution in [1.82, 2.24) is 25.4 Å².